The van der Waals surface area contributed by atoms with Crippen LogP contribution in [0, 0.1) is 5.92 Å². The molecular weight excluding hydrogens is 753 g/mol. The molecule has 214 valence electrons. The number of thiazole rings is 1. The summed E-state index contributed by atoms with van der Waals surface area (Å²) in [6.07, 6.45) is 0. The highest BCUT2D eigenvalue weighted by atomic mass is 79.9. The maximum atomic E-state index is 14.0. The number of aromatic nitrogens is 1. The van der Waals surface area contributed by atoms with Crippen LogP contribution in [0.25, 0.3) is 0 Å². The molecule has 0 bridgehead atoms. The van der Waals surface area contributed by atoms with Gasteiger partial charge >= 0.3 is 4.87 Å². The monoisotopic (exact) mass is 767 g/mol. The van der Waals surface area contributed by atoms with E-state index in [1.165, 1.54) is 22.7 Å². The second kappa shape index (κ2) is 11.8. The average Bonchev–Trinajstić information content (AvgIpc) is 3.44. The van der Waals surface area contributed by atoms with Gasteiger partial charge in [-0.2, -0.15) is 0 Å². The number of rotatable bonds is 6. The first-order chi connectivity index (χ1) is 20.1. The number of anilines is 2. The number of nitrogens with zero attached hydrogens (tertiary/aromatic N) is 1. The summed E-state index contributed by atoms with van der Waals surface area (Å²) in [6, 6.07) is 16.9. The first-order valence-corrected chi connectivity index (χ1v) is 16.3. The van der Waals surface area contributed by atoms with Crippen LogP contribution < -0.4 is 19.8 Å². The van der Waals surface area contributed by atoms with Crippen molar-refractivity contribution in [1.82, 2.24) is 4.98 Å². The van der Waals surface area contributed by atoms with E-state index in [2.05, 4.69) is 42.2 Å². The molecule has 0 spiro atoms. The quantitative estimate of drug-likeness (QED) is 0.203. The fraction of sp³-hybridized carbons (Fsp3) is 0.143. The van der Waals surface area contributed by atoms with Gasteiger partial charge in [-0.1, -0.05) is 78.2 Å². The predicted octanol–water partition coefficient (Wildman–Crippen LogP) is 7.08. The molecule has 14 heteroatoms. The first-order valence-electron chi connectivity index (χ1n) is 12.3. The van der Waals surface area contributed by atoms with Crippen LogP contribution >= 0.6 is 78.2 Å². The molecule has 3 heterocycles. The van der Waals surface area contributed by atoms with Crippen LogP contribution in [-0.4, -0.2) is 34.6 Å². The lowest BCUT2D eigenvalue weighted by Crippen LogP contribution is -2.32. The summed E-state index contributed by atoms with van der Waals surface area (Å²) in [5.41, 5.74) is 1.48. The van der Waals surface area contributed by atoms with Gasteiger partial charge in [-0.25, -0.2) is 4.90 Å². The van der Waals surface area contributed by atoms with Crippen LogP contribution in [0.4, 0.5) is 11.4 Å². The third kappa shape index (κ3) is 5.56. The van der Waals surface area contributed by atoms with E-state index in [1.807, 2.05) is 0 Å². The van der Waals surface area contributed by atoms with Gasteiger partial charge in [0, 0.05) is 31.0 Å². The molecule has 0 unspecified atom stereocenters. The first kappa shape index (κ1) is 29.5. The van der Waals surface area contributed by atoms with Crippen LogP contribution in [-0.2, 0) is 14.4 Å². The van der Waals surface area contributed by atoms with Gasteiger partial charge in [0.25, 0.3) is 5.91 Å². The van der Waals surface area contributed by atoms with Gasteiger partial charge in [0.2, 0.25) is 11.8 Å². The SMILES string of the molecule is O=C(COc1ccc(Br)cc1[C@@H]1c2sc(=O)[nH]c2S[C@H]2C(=O)N(c3ccc(Br)cc3)C(=O)[C@@H]12)Nc1ccc(Cl)c(Cl)c1. The Morgan fingerprint density at radius 1 is 0.952 bits per heavy atom. The number of imide groups is 1. The smallest absolute Gasteiger partial charge is 0.305 e. The maximum Gasteiger partial charge on any atom is 0.305 e. The minimum atomic E-state index is -0.813. The summed E-state index contributed by atoms with van der Waals surface area (Å²) in [4.78, 5) is 57.3. The zero-order chi connectivity index (χ0) is 29.7. The van der Waals surface area contributed by atoms with Crippen molar-refractivity contribution in [2.75, 3.05) is 16.8 Å². The highest BCUT2D eigenvalue weighted by molar-refractivity contribution is 9.10. The number of hydrogen-bond acceptors (Lipinski definition) is 7. The molecule has 0 aliphatic carbocycles. The molecule has 2 N–H and O–H groups in total. The van der Waals surface area contributed by atoms with E-state index in [0.717, 1.165) is 15.8 Å². The molecule has 8 nitrogen and oxygen atoms in total. The van der Waals surface area contributed by atoms with E-state index < -0.39 is 23.0 Å². The molecule has 42 heavy (non-hydrogen) atoms. The lowest BCUT2D eigenvalue weighted by molar-refractivity contribution is -0.122. The van der Waals surface area contributed by atoms with Gasteiger partial charge in [-0.15, -0.1) is 0 Å². The van der Waals surface area contributed by atoms with E-state index in [4.69, 9.17) is 27.9 Å². The fourth-order valence-electron chi connectivity index (χ4n) is 5.00. The number of ether oxygens (including phenoxy) is 1. The van der Waals surface area contributed by atoms with Crippen LogP contribution in [0.15, 0.2) is 79.4 Å². The molecule has 1 saturated heterocycles. The lowest BCUT2D eigenvalue weighted by atomic mass is 9.82. The summed E-state index contributed by atoms with van der Waals surface area (Å²) in [5.74, 6) is -2.34. The topological polar surface area (TPSA) is 109 Å². The lowest BCUT2D eigenvalue weighted by Gasteiger charge is -2.31. The van der Waals surface area contributed by atoms with Crippen molar-refractivity contribution in [2.24, 2.45) is 5.92 Å². The van der Waals surface area contributed by atoms with E-state index in [1.54, 1.807) is 54.6 Å². The third-order valence-corrected chi connectivity index (χ3v) is 10.9. The highest BCUT2D eigenvalue weighted by Gasteiger charge is 2.56. The van der Waals surface area contributed by atoms with Crippen LogP contribution in [0.1, 0.15) is 16.4 Å². The second-order valence-corrected chi connectivity index (χ2v) is 14.2. The van der Waals surface area contributed by atoms with E-state index in [9.17, 15) is 19.2 Å². The van der Waals surface area contributed by atoms with Crippen LogP contribution in [0.5, 0.6) is 5.75 Å². The normalized spacial score (nSPS) is 19.4. The van der Waals surface area contributed by atoms with Crippen molar-refractivity contribution >= 4 is 107 Å². The summed E-state index contributed by atoms with van der Waals surface area (Å²) in [6.45, 7) is -0.349. The number of fused-ring (bicyclic) bond motifs is 2. The minimum absolute atomic E-state index is 0.291. The number of halogens is 4. The highest BCUT2D eigenvalue weighted by Crippen LogP contribution is 2.54. The van der Waals surface area contributed by atoms with Crippen molar-refractivity contribution in [2.45, 2.75) is 16.2 Å². The van der Waals surface area contributed by atoms with Crippen molar-refractivity contribution in [3.63, 3.8) is 0 Å². The Labute approximate surface area is 274 Å². The summed E-state index contributed by atoms with van der Waals surface area (Å²) in [7, 11) is 0. The van der Waals surface area contributed by atoms with Crippen molar-refractivity contribution in [3.8, 4) is 5.75 Å². The number of carbonyl (C=O) groups excluding carboxylic acids is 3. The Morgan fingerprint density at radius 2 is 1.69 bits per heavy atom. The molecule has 0 radical (unpaired) electrons. The van der Waals surface area contributed by atoms with Crippen molar-refractivity contribution < 1.29 is 19.1 Å². The van der Waals surface area contributed by atoms with Gasteiger partial charge < -0.3 is 15.0 Å². The van der Waals surface area contributed by atoms with E-state index in [0.29, 0.717) is 47.1 Å². The van der Waals surface area contributed by atoms with Crippen LogP contribution in [0.2, 0.25) is 10.0 Å². The Hall–Kier alpha value is -2.61. The molecule has 6 rings (SSSR count). The standard InChI is InChI=1S/C28H17Br2Cl2N3O5S2/c29-12-1-5-15(6-2-12)35-26(37)22-21(23-25(34-28(39)42-23)41-24(22)27(35)38)16-9-13(30)3-8-19(16)40-11-20(36)33-14-4-7-17(31)18(32)10-14/h1-10,21-22,24H,11H2,(H,33,36)(H,34,39)/t21-,22-,24+/m0/s1. The van der Waals surface area contributed by atoms with Gasteiger partial charge in [0.05, 0.1) is 26.7 Å². The number of benzene rings is 3. The maximum absolute atomic E-state index is 14.0. The zero-order valence-corrected chi connectivity index (χ0v) is 27.3. The number of amides is 3. The molecule has 2 aliphatic heterocycles. The number of carbonyl (C=O) groups is 3. The third-order valence-electron chi connectivity index (χ3n) is 6.78. The van der Waals surface area contributed by atoms with Crippen molar-refractivity contribution in [1.29, 1.82) is 0 Å². The Bertz CT molecular complexity index is 1810. The molecule has 4 aromatic rings. The largest absolute Gasteiger partial charge is 0.483 e. The van der Waals surface area contributed by atoms with Gasteiger partial charge in [0.1, 0.15) is 11.0 Å². The second-order valence-electron chi connectivity index (χ2n) is 9.39. The Kier molecular flexibility index (Phi) is 8.29. The minimum Gasteiger partial charge on any atom is -0.483 e. The van der Waals surface area contributed by atoms with Crippen molar-refractivity contribution in [3.05, 3.63) is 99.8 Å². The summed E-state index contributed by atoms with van der Waals surface area (Å²) < 4.78 is 7.51. The molecule has 3 atom stereocenters. The number of aromatic amines is 1. The average molecular weight is 770 g/mol. The molecule has 3 aromatic carbocycles. The van der Waals surface area contributed by atoms with Crippen LogP contribution in [0.3, 0.4) is 0 Å². The molecular formula is C28H17Br2Cl2N3O5S2. The molecule has 0 saturated carbocycles. The Balaban J connectivity index is 1.35. The van der Waals surface area contributed by atoms with E-state index >= 15 is 0 Å². The summed E-state index contributed by atoms with van der Waals surface area (Å²) >= 11 is 21.1. The molecule has 1 aromatic heterocycles. The fourth-order valence-corrected chi connectivity index (χ4v) is 8.45. The van der Waals surface area contributed by atoms with E-state index in [-0.39, 0.29) is 23.3 Å². The predicted molar refractivity (Wildman–Crippen MR) is 171 cm³/mol. The Morgan fingerprint density at radius 3 is 2.43 bits per heavy atom. The molecule has 2 aliphatic rings. The molecule has 3 amide bonds. The van der Waals surface area contributed by atoms with Gasteiger partial charge in [-0.05, 0) is 60.7 Å². The summed E-state index contributed by atoms with van der Waals surface area (Å²) in [5, 5.41) is 3.14. The van der Waals surface area contributed by atoms with Gasteiger partial charge in [0.15, 0.2) is 6.61 Å². The van der Waals surface area contributed by atoms with Gasteiger partial charge in [-0.3, -0.25) is 19.2 Å². The number of H-pyrrole nitrogens is 1. The number of hydrogen-bond donors (Lipinski definition) is 2. The zero-order valence-electron chi connectivity index (χ0n) is 21.0. The number of thioether (sulfide) groups is 1. The molecule has 1 fully saturated rings. The number of nitrogens with one attached hydrogen (secondary N) is 2.